The van der Waals surface area contributed by atoms with Crippen LogP contribution in [0.3, 0.4) is 0 Å². The number of rotatable bonds is 6. The van der Waals surface area contributed by atoms with Crippen LogP contribution < -0.4 is 16.0 Å². The second-order valence-corrected chi connectivity index (χ2v) is 5.44. The Hall–Kier alpha value is -0.530. The highest BCUT2D eigenvalue weighted by atomic mass is 127. The molecule has 5 nitrogen and oxygen atoms in total. The van der Waals surface area contributed by atoms with Crippen molar-refractivity contribution in [2.75, 3.05) is 26.7 Å². The Bertz CT molecular complexity index is 290. The summed E-state index contributed by atoms with van der Waals surface area (Å²) in [6.45, 7) is 12.1. The predicted octanol–water partition coefficient (Wildman–Crippen LogP) is 1.59. The molecule has 0 fully saturated rings. The lowest BCUT2D eigenvalue weighted by atomic mass is 9.92. The minimum atomic E-state index is -0.453. The predicted molar refractivity (Wildman–Crippen MR) is 92.1 cm³/mol. The molecule has 0 unspecified atom stereocenters. The summed E-state index contributed by atoms with van der Waals surface area (Å²) in [4.78, 5) is 16.0. The molecular formula is C13H29IN4O. The van der Waals surface area contributed by atoms with Crippen LogP contribution >= 0.6 is 24.0 Å². The summed E-state index contributed by atoms with van der Waals surface area (Å²) in [5.41, 5.74) is -0.453. The summed E-state index contributed by atoms with van der Waals surface area (Å²) in [6.07, 6.45) is 0. The number of amides is 1. The molecule has 0 aliphatic carbocycles. The molecule has 0 aliphatic rings. The number of hydrogen-bond donors (Lipinski definition) is 3. The summed E-state index contributed by atoms with van der Waals surface area (Å²) >= 11 is 0. The van der Waals surface area contributed by atoms with E-state index in [1.54, 1.807) is 7.05 Å². The number of hydrogen-bond acceptors (Lipinski definition) is 2. The van der Waals surface area contributed by atoms with Gasteiger partial charge in [0.2, 0.25) is 5.91 Å². The van der Waals surface area contributed by atoms with E-state index in [4.69, 9.17) is 0 Å². The molecule has 0 heterocycles. The number of nitrogens with one attached hydrogen (secondary N) is 3. The van der Waals surface area contributed by atoms with Gasteiger partial charge in [-0.05, 0) is 26.7 Å². The van der Waals surface area contributed by atoms with Crippen molar-refractivity contribution in [1.29, 1.82) is 0 Å². The van der Waals surface area contributed by atoms with Crippen molar-refractivity contribution in [1.82, 2.24) is 16.0 Å². The van der Waals surface area contributed by atoms with Gasteiger partial charge in [-0.1, -0.05) is 13.8 Å². The third-order valence-corrected chi connectivity index (χ3v) is 2.55. The number of halogens is 1. The zero-order valence-corrected chi connectivity index (χ0v) is 15.3. The summed E-state index contributed by atoms with van der Waals surface area (Å²) in [7, 11) is 1.73. The number of aliphatic imine (C=N–C) groups is 1. The molecule has 0 aromatic carbocycles. The highest BCUT2D eigenvalue weighted by Gasteiger charge is 2.27. The van der Waals surface area contributed by atoms with Gasteiger partial charge in [-0.15, -0.1) is 24.0 Å². The first kappa shape index (κ1) is 20.8. The molecule has 0 aromatic heterocycles. The number of carbonyl (C=O) groups excluding carboxylic acids is 1. The lowest BCUT2D eigenvalue weighted by Gasteiger charge is -2.25. The molecule has 1 amide bonds. The van der Waals surface area contributed by atoms with E-state index in [-0.39, 0.29) is 29.9 Å². The van der Waals surface area contributed by atoms with Gasteiger partial charge >= 0.3 is 0 Å². The molecule has 0 atom stereocenters. The molecule has 0 aromatic rings. The molecule has 0 spiro atoms. The van der Waals surface area contributed by atoms with Crippen LogP contribution in [0.1, 0.15) is 34.6 Å². The van der Waals surface area contributed by atoms with Gasteiger partial charge in [-0.3, -0.25) is 9.79 Å². The molecule has 6 heteroatoms. The molecule has 3 N–H and O–H groups in total. The normalized spacial score (nSPS) is 11.8. The van der Waals surface area contributed by atoms with E-state index < -0.39 is 5.41 Å². The number of guanidine groups is 1. The average Bonchev–Trinajstić information content (AvgIpc) is 2.29. The molecule has 0 aliphatic heterocycles. The van der Waals surface area contributed by atoms with E-state index >= 15 is 0 Å². The lowest BCUT2D eigenvalue weighted by molar-refractivity contribution is -0.128. The maximum absolute atomic E-state index is 11.8. The highest BCUT2D eigenvalue weighted by molar-refractivity contribution is 14.0. The Morgan fingerprint density at radius 3 is 2.21 bits per heavy atom. The highest BCUT2D eigenvalue weighted by Crippen LogP contribution is 2.13. The zero-order chi connectivity index (χ0) is 14.2. The molecule has 0 saturated heterocycles. The Morgan fingerprint density at radius 2 is 1.79 bits per heavy atom. The Kier molecular flexibility index (Phi) is 11.2. The van der Waals surface area contributed by atoms with E-state index in [0.717, 1.165) is 12.5 Å². The fourth-order valence-electron chi connectivity index (χ4n) is 1.31. The van der Waals surface area contributed by atoms with E-state index in [2.05, 4.69) is 34.8 Å². The van der Waals surface area contributed by atoms with E-state index in [1.165, 1.54) is 0 Å². The van der Waals surface area contributed by atoms with E-state index in [1.807, 2.05) is 20.8 Å². The van der Waals surface area contributed by atoms with Crippen molar-refractivity contribution >= 4 is 35.8 Å². The topological polar surface area (TPSA) is 65.5 Å². The van der Waals surface area contributed by atoms with Gasteiger partial charge in [-0.25, -0.2) is 0 Å². The summed E-state index contributed by atoms with van der Waals surface area (Å²) in [5, 5.41) is 9.24. The van der Waals surface area contributed by atoms with Crippen molar-refractivity contribution in [3.8, 4) is 0 Å². The van der Waals surface area contributed by atoms with Crippen molar-refractivity contribution in [2.45, 2.75) is 34.6 Å². The van der Waals surface area contributed by atoms with Crippen LogP contribution in [0.15, 0.2) is 4.99 Å². The minimum absolute atomic E-state index is 0. The minimum Gasteiger partial charge on any atom is -0.356 e. The molecular weight excluding hydrogens is 355 g/mol. The van der Waals surface area contributed by atoms with E-state index in [9.17, 15) is 4.79 Å². The Balaban J connectivity index is 0. The first-order chi connectivity index (χ1) is 8.33. The molecule has 19 heavy (non-hydrogen) atoms. The molecule has 0 bridgehead atoms. The maximum Gasteiger partial charge on any atom is 0.227 e. The van der Waals surface area contributed by atoms with Crippen molar-refractivity contribution in [3.05, 3.63) is 0 Å². The second kappa shape index (κ2) is 10.3. The van der Waals surface area contributed by atoms with Crippen LogP contribution in [-0.4, -0.2) is 38.5 Å². The Labute approximate surface area is 134 Å². The molecule has 0 radical (unpaired) electrons. The molecule has 0 rings (SSSR count). The zero-order valence-electron chi connectivity index (χ0n) is 13.0. The van der Waals surface area contributed by atoms with Crippen LogP contribution in [0.5, 0.6) is 0 Å². The first-order valence-corrected chi connectivity index (χ1v) is 6.56. The summed E-state index contributed by atoms with van der Waals surface area (Å²) < 4.78 is 0. The van der Waals surface area contributed by atoms with Crippen molar-refractivity contribution in [3.63, 3.8) is 0 Å². The van der Waals surface area contributed by atoms with Gasteiger partial charge in [0.25, 0.3) is 0 Å². The van der Waals surface area contributed by atoms with Crippen molar-refractivity contribution in [2.24, 2.45) is 16.3 Å². The molecule has 0 saturated carbocycles. The van der Waals surface area contributed by atoms with Crippen LogP contribution in [0, 0.1) is 11.3 Å². The van der Waals surface area contributed by atoms with Crippen LogP contribution in [0.25, 0.3) is 0 Å². The van der Waals surface area contributed by atoms with Gasteiger partial charge in [0.15, 0.2) is 5.96 Å². The molecule has 114 valence electrons. The Morgan fingerprint density at radius 1 is 1.21 bits per heavy atom. The van der Waals surface area contributed by atoms with Gasteiger partial charge in [0, 0.05) is 26.7 Å². The third-order valence-electron chi connectivity index (χ3n) is 2.55. The number of nitrogens with zero attached hydrogens (tertiary/aromatic N) is 1. The van der Waals surface area contributed by atoms with Crippen LogP contribution in [0.4, 0.5) is 0 Å². The van der Waals surface area contributed by atoms with Crippen LogP contribution in [0.2, 0.25) is 0 Å². The smallest absolute Gasteiger partial charge is 0.227 e. The first-order valence-electron chi connectivity index (χ1n) is 6.56. The maximum atomic E-state index is 11.8. The largest absolute Gasteiger partial charge is 0.356 e. The third kappa shape index (κ3) is 9.07. The van der Waals surface area contributed by atoms with Gasteiger partial charge < -0.3 is 16.0 Å². The number of carbonyl (C=O) groups is 1. The lowest BCUT2D eigenvalue weighted by Crippen LogP contribution is -2.48. The van der Waals surface area contributed by atoms with Gasteiger partial charge in [-0.2, -0.15) is 0 Å². The second-order valence-electron chi connectivity index (χ2n) is 5.44. The quantitative estimate of drug-likeness (QED) is 0.370. The van der Waals surface area contributed by atoms with Crippen molar-refractivity contribution < 1.29 is 4.79 Å². The monoisotopic (exact) mass is 384 g/mol. The fourth-order valence-corrected chi connectivity index (χ4v) is 1.31. The fraction of sp³-hybridized carbons (Fsp3) is 0.846. The average molecular weight is 384 g/mol. The standard InChI is InChI=1S/C13H28N4O.HI/c1-7-15-11(18)13(4,5)9-17-12(14-6)16-8-10(2)3;/h10H,7-9H2,1-6H3,(H,15,18)(H2,14,16,17);1H. The van der Waals surface area contributed by atoms with Gasteiger partial charge in [0.1, 0.15) is 0 Å². The summed E-state index contributed by atoms with van der Waals surface area (Å²) in [5.74, 6) is 1.35. The summed E-state index contributed by atoms with van der Waals surface area (Å²) in [6, 6.07) is 0. The van der Waals surface area contributed by atoms with Crippen LogP contribution in [-0.2, 0) is 4.79 Å². The SMILES string of the molecule is CCNC(=O)C(C)(C)CNC(=NC)NCC(C)C.I. The van der Waals surface area contributed by atoms with E-state index in [0.29, 0.717) is 19.0 Å². The van der Waals surface area contributed by atoms with Gasteiger partial charge in [0.05, 0.1) is 5.41 Å².